The quantitative estimate of drug-likeness (QED) is 0.912. The Morgan fingerprint density at radius 3 is 2.43 bits per heavy atom. The second kappa shape index (κ2) is 6.11. The summed E-state index contributed by atoms with van der Waals surface area (Å²) in [6, 6.07) is 9.47. The predicted octanol–water partition coefficient (Wildman–Crippen LogP) is 1.74. The van der Waals surface area contributed by atoms with Gasteiger partial charge in [0.05, 0.1) is 17.7 Å². The van der Waals surface area contributed by atoms with E-state index in [0.717, 1.165) is 0 Å². The SMILES string of the molecule is CC(=O)N(C)c1ccc(S(=O)(=O)NCc2ccco2)cc1. The highest BCUT2D eigenvalue weighted by Gasteiger charge is 2.15. The number of nitrogens with one attached hydrogen (secondary N) is 1. The summed E-state index contributed by atoms with van der Waals surface area (Å²) in [7, 11) is -1.99. The summed E-state index contributed by atoms with van der Waals surface area (Å²) in [5.41, 5.74) is 0.632. The van der Waals surface area contributed by atoms with Crippen molar-refractivity contribution in [2.75, 3.05) is 11.9 Å². The fourth-order valence-electron chi connectivity index (χ4n) is 1.69. The van der Waals surface area contributed by atoms with Crippen LogP contribution in [-0.4, -0.2) is 21.4 Å². The number of nitrogens with zero attached hydrogens (tertiary/aromatic N) is 1. The van der Waals surface area contributed by atoms with Gasteiger partial charge in [0.15, 0.2) is 0 Å². The van der Waals surface area contributed by atoms with Crippen LogP contribution in [0.5, 0.6) is 0 Å². The standard InChI is InChI=1S/C14H16N2O4S/c1-11(17)16(2)12-5-7-14(8-6-12)21(18,19)15-10-13-4-3-9-20-13/h3-9,15H,10H2,1-2H3. The van der Waals surface area contributed by atoms with Gasteiger partial charge in [-0.2, -0.15) is 0 Å². The molecule has 1 heterocycles. The van der Waals surface area contributed by atoms with Crippen molar-refractivity contribution in [3.05, 3.63) is 48.4 Å². The molecule has 2 rings (SSSR count). The van der Waals surface area contributed by atoms with E-state index in [0.29, 0.717) is 11.4 Å². The maximum absolute atomic E-state index is 12.1. The third-order valence-corrected chi connectivity index (χ3v) is 4.44. The Hall–Kier alpha value is -2.12. The molecular formula is C14H16N2O4S. The van der Waals surface area contributed by atoms with Gasteiger partial charge in [-0.15, -0.1) is 0 Å². The molecule has 0 saturated carbocycles. The van der Waals surface area contributed by atoms with E-state index in [2.05, 4.69) is 4.72 Å². The number of rotatable bonds is 5. The van der Waals surface area contributed by atoms with Crippen LogP contribution in [0.2, 0.25) is 0 Å². The van der Waals surface area contributed by atoms with Gasteiger partial charge in [-0.25, -0.2) is 13.1 Å². The van der Waals surface area contributed by atoms with Crippen LogP contribution in [0.3, 0.4) is 0 Å². The van der Waals surface area contributed by atoms with Crippen LogP contribution in [0.4, 0.5) is 5.69 Å². The molecule has 1 amide bonds. The number of anilines is 1. The van der Waals surface area contributed by atoms with Gasteiger partial charge in [0, 0.05) is 19.7 Å². The molecule has 0 atom stereocenters. The fourth-order valence-corrected chi connectivity index (χ4v) is 2.69. The zero-order valence-electron chi connectivity index (χ0n) is 11.7. The van der Waals surface area contributed by atoms with Crippen LogP contribution in [0, 0.1) is 0 Å². The lowest BCUT2D eigenvalue weighted by Gasteiger charge is -2.15. The molecule has 0 unspecified atom stereocenters. The summed E-state index contributed by atoms with van der Waals surface area (Å²) < 4.78 is 31.7. The molecule has 0 radical (unpaired) electrons. The van der Waals surface area contributed by atoms with Crippen LogP contribution in [0.25, 0.3) is 0 Å². The molecule has 0 spiro atoms. The molecule has 1 N–H and O–H groups in total. The summed E-state index contributed by atoms with van der Waals surface area (Å²) >= 11 is 0. The molecule has 6 nitrogen and oxygen atoms in total. The lowest BCUT2D eigenvalue weighted by molar-refractivity contribution is -0.116. The topological polar surface area (TPSA) is 79.6 Å². The van der Waals surface area contributed by atoms with E-state index < -0.39 is 10.0 Å². The molecule has 0 aliphatic carbocycles. The lowest BCUT2D eigenvalue weighted by Crippen LogP contribution is -2.24. The van der Waals surface area contributed by atoms with Gasteiger partial charge in [0.25, 0.3) is 0 Å². The maximum atomic E-state index is 12.1. The first-order chi connectivity index (χ1) is 9.90. The number of sulfonamides is 1. The second-order valence-electron chi connectivity index (χ2n) is 4.48. The van der Waals surface area contributed by atoms with Crippen molar-refractivity contribution in [2.24, 2.45) is 0 Å². The number of carbonyl (C=O) groups is 1. The van der Waals surface area contributed by atoms with Gasteiger partial charge in [-0.05, 0) is 36.4 Å². The van der Waals surface area contributed by atoms with Crippen LogP contribution in [0.15, 0.2) is 52.0 Å². The van der Waals surface area contributed by atoms with Crippen LogP contribution in [-0.2, 0) is 21.4 Å². The van der Waals surface area contributed by atoms with E-state index in [1.807, 2.05) is 0 Å². The van der Waals surface area contributed by atoms with E-state index in [1.165, 1.54) is 30.2 Å². The summed E-state index contributed by atoms with van der Waals surface area (Å²) in [5, 5.41) is 0. The number of carbonyl (C=O) groups excluding carboxylic acids is 1. The van der Waals surface area contributed by atoms with Gasteiger partial charge >= 0.3 is 0 Å². The fraction of sp³-hybridized carbons (Fsp3) is 0.214. The highest BCUT2D eigenvalue weighted by molar-refractivity contribution is 7.89. The van der Waals surface area contributed by atoms with Crippen molar-refractivity contribution in [3.8, 4) is 0 Å². The van der Waals surface area contributed by atoms with Crippen molar-refractivity contribution in [3.63, 3.8) is 0 Å². The minimum Gasteiger partial charge on any atom is -0.468 e. The lowest BCUT2D eigenvalue weighted by atomic mass is 10.3. The molecule has 21 heavy (non-hydrogen) atoms. The average Bonchev–Trinajstić information content (AvgIpc) is 2.98. The van der Waals surface area contributed by atoms with Gasteiger partial charge in [-0.1, -0.05) is 0 Å². The second-order valence-corrected chi connectivity index (χ2v) is 6.24. The van der Waals surface area contributed by atoms with Crippen LogP contribution in [0.1, 0.15) is 12.7 Å². The smallest absolute Gasteiger partial charge is 0.240 e. The predicted molar refractivity (Wildman–Crippen MR) is 78.3 cm³/mol. The van der Waals surface area contributed by atoms with Gasteiger partial charge < -0.3 is 9.32 Å². The third kappa shape index (κ3) is 3.71. The number of hydrogen-bond acceptors (Lipinski definition) is 4. The Bertz CT molecular complexity index is 706. The monoisotopic (exact) mass is 308 g/mol. The molecule has 0 aliphatic heterocycles. The third-order valence-electron chi connectivity index (χ3n) is 3.02. The Labute approximate surface area is 123 Å². The van der Waals surface area contributed by atoms with Crippen LogP contribution < -0.4 is 9.62 Å². The number of furan rings is 1. The maximum Gasteiger partial charge on any atom is 0.240 e. The first kappa shape index (κ1) is 15.3. The van der Waals surface area contributed by atoms with E-state index in [-0.39, 0.29) is 17.3 Å². The molecule has 0 fully saturated rings. The van der Waals surface area contributed by atoms with Crippen molar-refractivity contribution >= 4 is 21.6 Å². The number of benzene rings is 1. The molecule has 2 aromatic rings. The molecule has 1 aromatic heterocycles. The molecule has 7 heteroatoms. The van der Waals surface area contributed by atoms with Crippen molar-refractivity contribution in [1.29, 1.82) is 0 Å². The molecule has 112 valence electrons. The number of amides is 1. The van der Waals surface area contributed by atoms with Crippen LogP contribution >= 0.6 is 0 Å². The highest BCUT2D eigenvalue weighted by atomic mass is 32.2. The van der Waals surface area contributed by atoms with Crippen molar-refractivity contribution in [2.45, 2.75) is 18.4 Å². The largest absolute Gasteiger partial charge is 0.468 e. The Morgan fingerprint density at radius 1 is 1.24 bits per heavy atom. The molecule has 1 aromatic carbocycles. The summed E-state index contributed by atoms with van der Waals surface area (Å²) in [6.07, 6.45) is 1.48. The van der Waals surface area contributed by atoms with Gasteiger partial charge in [0.1, 0.15) is 5.76 Å². The highest BCUT2D eigenvalue weighted by Crippen LogP contribution is 2.17. The average molecular weight is 308 g/mol. The van der Waals surface area contributed by atoms with Crippen molar-refractivity contribution < 1.29 is 17.6 Å². The number of hydrogen-bond donors (Lipinski definition) is 1. The zero-order chi connectivity index (χ0) is 15.5. The molecule has 0 aliphatic rings. The molecule has 0 saturated heterocycles. The summed E-state index contributed by atoms with van der Waals surface area (Å²) in [4.78, 5) is 12.8. The first-order valence-electron chi connectivity index (χ1n) is 6.26. The Morgan fingerprint density at radius 2 is 1.90 bits per heavy atom. The van der Waals surface area contributed by atoms with Gasteiger partial charge in [0.2, 0.25) is 15.9 Å². The van der Waals surface area contributed by atoms with Gasteiger partial charge in [-0.3, -0.25) is 4.79 Å². The summed E-state index contributed by atoms with van der Waals surface area (Å²) in [6.45, 7) is 1.53. The molecule has 0 bridgehead atoms. The van der Waals surface area contributed by atoms with E-state index in [9.17, 15) is 13.2 Å². The first-order valence-corrected chi connectivity index (χ1v) is 7.75. The van der Waals surface area contributed by atoms with E-state index in [1.54, 1.807) is 31.3 Å². The minimum atomic E-state index is -3.61. The van der Waals surface area contributed by atoms with E-state index in [4.69, 9.17) is 4.42 Å². The summed E-state index contributed by atoms with van der Waals surface area (Å²) in [5.74, 6) is 0.410. The Kier molecular flexibility index (Phi) is 4.44. The zero-order valence-corrected chi connectivity index (χ0v) is 12.6. The molecular weight excluding hydrogens is 292 g/mol. The van der Waals surface area contributed by atoms with Crippen molar-refractivity contribution in [1.82, 2.24) is 4.72 Å². The minimum absolute atomic E-state index is 0.0877. The van der Waals surface area contributed by atoms with E-state index >= 15 is 0 Å². The Balaban J connectivity index is 2.11. The normalized spacial score (nSPS) is 11.3.